The van der Waals surface area contributed by atoms with Crippen molar-refractivity contribution in [2.75, 3.05) is 31.1 Å². The van der Waals surface area contributed by atoms with Crippen molar-refractivity contribution in [3.8, 4) is 17.3 Å². The molecule has 0 bridgehead atoms. The number of nitriles is 1. The van der Waals surface area contributed by atoms with E-state index < -0.39 is 18.0 Å². The monoisotopic (exact) mass is 593 g/mol. The fourth-order valence-electron chi connectivity index (χ4n) is 4.83. The van der Waals surface area contributed by atoms with Crippen molar-refractivity contribution < 1.29 is 22.8 Å². The van der Waals surface area contributed by atoms with Crippen LogP contribution in [0.4, 0.5) is 23.8 Å². The number of nitrogens with one attached hydrogen (secondary N) is 3. The van der Waals surface area contributed by atoms with Gasteiger partial charge in [0.05, 0.1) is 17.3 Å². The summed E-state index contributed by atoms with van der Waals surface area (Å²) < 4.78 is 41.5. The molecule has 43 heavy (non-hydrogen) atoms. The SMILES string of the molecule is CCCNC(=O)NCCc1ccc(-c2cc(N3CCC[C@H]3C(=O)NCCc3ccc(C#N)cc3)nc(C(F)(F)F)n2)cc1. The maximum Gasteiger partial charge on any atom is 0.451 e. The number of aromatic nitrogens is 2. The molecule has 1 aromatic heterocycles. The lowest BCUT2D eigenvalue weighted by Crippen LogP contribution is -2.44. The second-order valence-electron chi connectivity index (χ2n) is 10.3. The normalized spacial score (nSPS) is 14.7. The number of amides is 3. The van der Waals surface area contributed by atoms with E-state index in [9.17, 15) is 22.8 Å². The van der Waals surface area contributed by atoms with Gasteiger partial charge in [-0.15, -0.1) is 0 Å². The van der Waals surface area contributed by atoms with Crippen molar-refractivity contribution in [3.05, 3.63) is 77.1 Å². The Kier molecular flexibility index (Phi) is 10.5. The lowest BCUT2D eigenvalue weighted by Gasteiger charge is -2.26. The van der Waals surface area contributed by atoms with Crippen LogP contribution in [0.5, 0.6) is 0 Å². The zero-order valence-corrected chi connectivity index (χ0v) is 23.9. The third-order valence-electron chi connectivity index (χ3n) is 7.10. The zero-order chi connectivity index (χ0) is 30.8. The molecule has 0 unspecified atom stereocenters. The van der Waals surface area contributed by atoms with Crippen LogP contribution in [0.25, 0.3) is 11.3 Å². The number of anilines is 1. The summed E-state index contributed by atoms with van der Waals surface area (Å²) in [5, 5.41) is 17.3. The van der Waals surface area contributed by atoms with Crippen LogP contribution in [0.2, 0.25) is 0 Å². The van der Waals surface area contributed by atoms with E-state index in [0.29, 0.717) is 63.0 Å². The molecule has 0 aliphatic carbocycles. The van der Waals surface area contributed by atoms with Gasteiger partial charge in [0.2, 0.25) is 11.7 Å². The van der Waals surface area contributed by atoms with Gasteiger partial charge in [-0.1, -0.05) is 43.3 Å². The van der Waals surface area contributed by atoms with Gasteiger partial charge < -0.3 is 20.9 Å². The molecule has 3 aromatic rings. The molecule has 0 radical (unpaired) electrons. The number of rotatable bonds is 11. The summed E-state index contributed by atoms with van der Waals surface area (Å²) in [7, 11) is 0. The van der Waals surface area contributed by atoms with Crippen molar-refractivity contribution in [2.24, 2.45) is 0 Å². The molecule has 9 nitrogen and oxygen atoms in total. The summed E-state index contributed by atoms with van der Waals surface area (Å²) in [6, 6.07) is 16.7. The Morgan fingerprint density at radius 1 is 0.953 bits per heavy atom. The molecule has 1 aliphatic heterocycles. The highest BCUT2D eigenvalue weighted by Gasteiger charge is 2.38. The molecule has 0 saturated carbocycles. The van der Waals surface area contributed by atoms with E-state index >= 15 is 0 Å². The standard InChI is InChI=1S/C31H34F3N7O2/c1-2-15-37-30(43)38-17-14-22-9-11-24(12-10-22)25-19-27(40-29(39-25)31(32,33)34)41-18-3-4-26(41)28(42)36-16-13-21-5-7-23(20-35)8-6-21/h5-12,19,26H,2-4,13-18H2,1H3,(H,36,42)(H2,37,38,43)/t26-/m0/s1. The third kappa shape index (κ3) is 8.67. The minimum atomic E-state index is -4.77. The Labute approximate surface area is 248 Å². The summed E-state index contributed by atoms with van der Waals surface area (Å²) in [6.45, 7) is 3.70. The van der Waals surface area contributed by atoms with Crippen molar-refractivity contribution in [1.82, 2.24) is 25.9 Å². The topological polar surface area (TPSA) is 123 Å². The second kappa shape index (κ2) is 14.5. The van der Waals surface area contributed by atoms with Crippen LogP contribution in [0.3, 0.4) is 0 Å². The fourth-order valence-corrected chi connectivity index (χ4v) is 4.83. The second-order valence-corrected chi connectivity index (χ2v) is 10.3. The summed E-state index contributed by atoms with van der Waals surface area (Å²) >= 11 is 0. The van der Waals surface area contributed by atoms with Crippen LogP contribution < -0.4 is 20.9 Å². The lowest BCUT2D eigenvalue weighted by molar-refractivity contribution is -0.144. The van der Waals surface area contributed by atoms with E-state index in [-0.39, 0.29) is 23.5 Å². The highest BCUT2D eigenvalue weighted by atomic mass is 19.4. The van der Waals surface area contributed by atoms with Gasteiger partial charge in [-0.3, -0.25) is 4.79 Å². The molecular formula is C31H34F3N7O2. The molecule has 12 heteroatoms. The Balaban J connectivity index is 1.45. The number of hydrogen-bond acceptors (Lipinski definition) is 6. The molecule has 3 amide bonds. The smallest absolute Gasteiger partial charge is 0.354 e. The number of benzene rings is 2. The van der Waals surface area contributed by atoms with Gasteiger partial charge in [-0.05, 0) is 55.4 Å². The van der Waals surface area contributed by atoms with Crippen molar-refractivity contribution in [2.45, 2.75) is 51.2 Å². The van der Waals surface area contributed by atoms with Crippen LogP contribution in [0.1, 0.15) is 48.7 Å². The van der Waals surface area contributed by atoms with E-state index in [1.807, 2.05) is 19.1 Å². The lowest BCUT2D eigenvalue weighted by atomic mass is 10.1. The summed E-state index contributed by atoms with van der Waals surface area (Å²) in [4.78, 5) is 34.0. The Bertz CT molecular complexity index is 1440. The minimum Gasteiger partial charge on any atom is -0.354 e. The zero-order valence-electron chi connectivity index (χ0n) is 23.9. The summed E-state index contributed by atoms with van der Waals surface area (Å²) in [5.74, 6) is -1.49. The molecule has 226 valence electrons. The van der Waals surface area contributed by atoms with Crippen molar-refractivity contribution in [1.29, 1.82) is 5.26 Å². The first-order chi connectivity index (χ1) is 20.7. The molecule has 1 fully saturated rings. The highest BCUT2D eigenvalue weighted by Crippen LogP contribution is 2.33. The first-order valence-corrected chi connectivity index (χ1v) is 14.3. The third-order valence-corrected chi connectivity index (χ3v) is 7.10. The van der Waals surface area contributed by atoms with Crippen LogP contribution in [0.15, 0.2) is 54.6 Å². The molecule has 1 aliphatic rings. The summed E-state index contributed by atoms with van der Waals surface area (Å²) in [5.41, 5.74) is 3.00. The van der Waals surface area contributed by atoms with Crippen LogP contribution in [-0.4, -0.2) is 54.1 Å². The first kappa shape index (κ1) is 31.3. The van der Waals surface area contributed by atoms with Crippen molar-refractivity contribution in [3.63, 3.8) is 0 Å². The molecule has 3 N–H and O–H groups in total. The van der Waals surface area contributed by atoms with Crippen LogP contribution in [-0.2, 0) is 23.8 Å². The number of urea groups is 1. The van der Waals surface area contributed by atoms with E-state index in [2.05, 4.69) is 32.0 Å². The molecule has 1 atom stereocenters. The Hall–Kier alpha value is -4.66. The average Bonchev–Trinajstić information content (AvgIpc) is 3.50. The molecule has 2 heterocycles. The number of alkyl halides is 3. The van der Waals surface area contributed by atoms with Gasteiger partial charge in [-0.25, -0.2) is 14.8 Å². The summed E-state index contributed by atoms with van der Waals surface area (Å²) in [6.07, 6.45) is -1.71. The maximum absolute atomic E-state index is 13.8. The number of carbonyl (C=O) groups excluding carboxylic acids is 2. The van der Waals surface area contributed by atoms with Gasteiger partial charge in [-0.2, -0.15) is 18.4 Å². The van der Waals surface area contributed by atoms with Gasteiger partial charge in [0.25, 0.3) is 0 Å². The van der Waals surface area contributed by atoms with Gasteiger partial charge in [0.15, 0.2) is 0 Å². The average molecular weight is 594 g/mol. The predicted molar refractivity (Wildman–Crippen MR) is 156 cm³/mol. The van der Waals surface area contributed by atoms with Crippen LogP contribution >= 0.6 is 0 Å². The molecule has 4 rings (SSSR count). The molecule has 1 saturated heterocycles. The first-order valence-electron chi connectivity index (χ1n) is 14.3. The van der Waals surface area contributed by atoms with Crippen LogP contribution in [0, 0.1) is 11.3 Å². The minimum absolute atomic E-state index is 0.0495. The largest absolute Gasteiger partial charge is 0.451 e. The Morgan fingerprint density at radius 3 is 2.21 bits per heavy atom. The quantitative estimate of drug-likeness (QED) is 0.298. The van der Waals surface area contributed by atoms with Gasteiger partial charge >= 0.3 is 12.2 Å². The number of hydrogen-bond donors (Lipinski definition) is 3. The number of nitrogens with zero attached hydrogens (tertiary/aromatic N) is 4. The fraction of sp³-hybridized carbons (Fsp3) is 0.387. The number of carbonyl (C=O) groups is 2. The Morgan fingerprint density at radius 2 is 1.58 bits per heavy atom. The van der Waals surface area contributed by atoms with Gasteiger partial charge in [0.1, 0.15) is 11.9 Å². The highest BCUT2D eigenvalue weighted by molar-refractivity contribution is 5.85. The number of halogens is 3. The van der Waals surface area contributed by atoms with E-state index in [4.69, 9.17) is 5.26 Å². The molecule has 0 spiro atoms. The van der Waals surface area contributed by atoms with Gasteiger partial charge in [0, 0.05) is 37.8 Å². The maximum atomic E-state index is 13.8. The van der Waals surface area contributed by atoms with E-state index in [1.165, 1.54) is 6.07 Å². The van der Waals surface area contributed by atoms with Crippen molar-refractivity contribution >= 4 is 17.8 Å². The molecule has 2 aromatic carbocycles. The van der Waals surface area contributed by atoms with E-state index in [0.717, 1.165) is 17.5 Å². The molecular weight excluding hydrogens is 559 g/mol. The predicted octanol–water partition coefficient (Wildman–Crippen LogP) is 4.61. The van der Waals surface area contributed by atoms with E-state index in [1.54, 1.807) is 41.3 Å².